The third-order valence-corrected chi connectivity index (χ3v) is 5.88. The van der Waals surface area contributed by atoms with Gasteiger partial charge >= 0.3 is 0 Å². The van der Waals surface area contributed by atoms with E-state index >= 15 is 0 Å². The lowest BCUT2D eigenvalue weighted by atomic mass is 10.1. The molecule has 0 unspecified atom stereocenters. The van der Waals surface area contributed by atoms with Gasteiger partial charge in [0, 0.05) is 5.69 Å². The van der Waals surface area contributed by atoms with Gasteiger partial charge in [-0.2, -0.15) is 0 Å². The first-order valence-corrected chi connectivity index (χ1v) is 10.9. The Bertz CT molecular complexity index is 1020. The van der Waals surface area contributed by atoms with Crippen molar-refractivity contribution in [3.05, 3.63) is 60.2 Å². The molecule has 2 aromatic carbocycles. The standard InChI is InChI=1S/C21H22N6O2S/c28-19(14-30-21-24-25-26-27(21)16-10-4-5-11-16)23-18-13-7-6-12-17(18)20(29)22-15-8-2-1-3-9-15/h1-3,6-9,12-13,16H,4-5,10-11,14H2,(H,22,29)(H,23,28). The van der Waals surface area contributed by atoms with Crippen molar-refractivity contribution in [2.24, 2.45) is 0 Å². The second-order valence-corrected chi connectivity index (χ2v) is 7.99. The number of tetrazole rings is 1. The van der Waals surface area contributed by atoms with Gasteiger partial charge in [0.2, 0.25) is 11.1 Å². The van der Waals surface area contributed by atoms with Crippen LogP contribution < -0.4 is 10.6 Å². The Morgan fingerprint density at radius 3 is 2.53 bits per heavy atom. The van der Waals surface area contributed by atoms with E-state index in [1.54, 1.807) is 24.3 Å². The summed E-state index contributed by atoms with van der Waals surface area (Å²) in [5, 5.41) is 18.2. The van der Waals surface area contributed by atoms with Crippen molar-refractivity contribution in [3.8, 4) is 0 Å². The highest BCUT2D eigenvalue weighted by molar-refractivity contribution is 7.99. The highest BCUT2D eigenvalue weighted by Crippen LogP contribution is 2.31. The summed E-state index contributed by atoms with van der Waals surface area (Å²) in [6.07, 6.45) is 4.48. The van der Waals surface area contributed by atoms with Crippen LogP contribution in [0.2, 0.25) is 0 Å². The fraction of sp³-hybridized carbons (Fsp3) is 0.286. The van der Waals surface area contributed by atoms with E-state index in [2.05, 4.69) is 26.2 Å². The van der Waals surface area contributed by atoms with E-state index in [0.29, 0.717) is 28.1 Å². The average Bonchev–Trinajstić information content (AvgIpc) is 3.45. The maximum atomic E-state index is 12.7. The second-order valence-electron chi connectivity index (χ2n) is 7.05. The third-order valence-electron chi connectivity index (χ3n) is 4.94. The molecule has 8 nitrogen and oxygen atoms in total. The molecule has 4 rings (SSSR count). The Balaban J connectivity index is 1.38. The van der Waals surface area contributed by atoms with Crippen LogP contribution in [-0.2, 0) is 4.79 Å². The molecular weight excluding hydrogens is 400 g/mol. The number of carbonyl (C=O) groups is 2. The number of carbonyl (C=O) groups excluding carboxylic acids is 2. The molecule has 1 aromatic heterocycles. The number of amides is 2. The van der Waals surface area contributed by atoms with Gasteiger partial charge in [-0.3, -0.25) is 9.59 Å². The normalized spacial score (nSPS) is 13.9. The molecule has 0 bridgehead atoms. The highest BCUT2D eigenvalue weighted by atomic mass is 32.2. The molecule has 2 N–H and O–H groups in total. The first-order chi connectivity index (χ1) is 14.7. The van der Waals surface area contributed by atoms with Crippen LogP contribution in [0.15, 0.2) is 59.8 Å². The van der Waals surface area contributed by atoms with Gasteiger partial charge in [0.1, 0.15) is 0 Å². The zero-order chi connectivity index (χ0) is 20.8. The van der Waals surface area contributed by atoms with Crippen molar-refractivity contribution in [2.75, 3.05) is 16.4 Å². The van der Waals surface area contributed by atoms with Crippen molar-refractivity contribution in [1.82, 2.24) is 20.2 Å². The largest absolute Gasteiger partial charge is 0.325 e. The Labute approximate surface area is 178 Å². The lowest BCUT2D eigenvalue weighted by Crippen LogP contribution is -2.19. The minimum atomic E-state index is -0.282. The minimum absolute atomic E-state index is 0.154. The topological polar surface area (TPSA) is 102 Å². The summed E-state index contributed by atoms with van der Waals surface area (Å²) in [5.74, 6) is -0.349. The number of benzene rings is 2. The van der Waals surface area contributed by atoms with Gasteiger partial charge in [-0.05, 0) is 47.5 Å². The molecule has 1 heterocycles. The van der Waals surface area contributed by atoms with Gasteiger partial charge in [-0.1, -0.05) is 54.9 Å². The number of anilines is 2. The third kappa shape index (κ3) is 4.85. The van der Waals surface area contributed by atoms with Crippen LogP contribution in [0.4, 0.5) is 11.4 Å². The fourth-order valence-corrected chi connectivity index (χ4v) is 4.23. The molecule has 0 spiro atoms. The molecule has 0 aliphatic heterocycles. The summed E-state index contributed by atoms with van der Waals surface area (Å²) in [6, 6.07) is 16.4. The molecule has 0 atom stereocenters. The van der Waals surface area contributed by atoms with Crippen LogP contribution in [0, 0.1) is 0 Å². The molecular formula is C21H22N6O2S. The molecule has 3 aromatic rings. The van der Waals surface area contributed by atoms with Crippen LogP contribution >= 0.6 is 11.8 Å². The van der Waals surface area contributed by atoms with Gasteiger partial charge in [-0.15, -0.1) is 5.10 Å². The molecule has 0 radical (unpaired) electrons. The SMILES string of the molecule is O=C(CSc1nnnn1C1CCCC1)Nc1ccccc1C(=O)Nc1ccccc1. The van der Waals surface area contributed by atoms with E-state index in [1.807, 2.05) is 35.0 Å². The van der Waals surface area contributed by atoms with Gasteiger partial charge < -0.3 is 10.6 Å². The zero-order valence-electron chi connectivity index (χ0n) is 16.3. The average molecular weight is 423 g/mol. The van der Waals surface area contributed by atoms with Gasteiger partial charge in [0.05, 0.1) is 23.0 Å². The molecule has 1 saturated carbocycles. The number of aromatic nitrogens is 4. The molecule has 154 valence electrons. The van der Waals surface area contributed by atoms with E-state index in [-0.39, 0.29) is 17.6 Å². The number of rotatable bonds is 7. The van der Waals surface area contributed by atoms with Crippen LogP contribution in [0.5, 0.6) is 0 Å². The first kappa shape index (κ1) is 20.1. The number of thioether (sulfide) groups is 1. The lowest BCUT2D eigenvalue weighted by molar-refractivity contribution is -0.113. The monoisotopic (exact) mass is 422 g/mol. The van der Waals surface area contributed by atoms with Crippen LogP contribution in [0.25, 0.3) is 0 Å². The predicted octanol–water partition coefficient (Wildman–Crippen LogP) is 3.77. The van der Waals surface area contributed by atoms with E-state index in [0.717, 1.165) is 12.8 Å². The molecule has 1 fully saturated rings. The number of nitrogens with one attached hydrogen (secondary N) is 2. The summed E-state index contributed by atoms with van der Waals surface area (Å²) in [5.41, 5.74) is 1.56. The number of nitrogens with zero attached hydrogens (tertiary/aromatic N) is 4. The lowest BCUT2D eigenvalue weighted by Gasteiger charge is -2.12. The number of hydrogen-bond acceptors (Lipinski definition) is 6. The Hall–Kier alpha value is -3.20. The molecule has 1 aliphatic rings. The van der Waals surface area contributed by atoms with Crippen LogP contribution in [0.3, 0.4) is 0 Å². The minimum Gasteiger partial charge on any atom is -0.325 e. The Morgan fingerprint density at radius 2 is 1.73 bits per heavy atom. The summed E-state index contributed by atoms with van der Waals surface area (Å²) in [7, 11) is 0. The van der Waals surface area contributed by atoms with Crippen LogP contribution in [-0.4, -0.2) is 37.8 Å². The summed E-state index contributed by atoms with van der Waals surface area (Å²) in [4.78, 5) is 25.2. The fourth-order valence-electron chi connectivity index (χ4n) is 3.48. The van der Waals surface area contributed by atoms with Crippen molar-refractivity contribution in [3.63, 3.8) is 0 Å². The molecule has 1 aliphatic carbocycles. The first-order valence-electron chi connectivity index (χ1n) is 9.86. The zero-order valence-corrected chi connectivity index (χ0v) is 17.1. The molecule has 0 saturated heterocycles. The van der Waals surface area contributed by atoms with Crippen molar-refractivity contribution >= 4 is 35.0 Å². The quantitative estimate of drug-likeness (QED) is 0.562. The maximum absolute atomic E-state index is 12.7. The van der Waals surface area contributed by atoms with E-state index in [9.17, 15) is 9.59 Å². The summed E-state index contributed by atoms with van der Waals surface area (Å²) >= 11 is 1.30. The Morgan fingerprint density at radius 1 is 1.00 bits per heavy atom. The second kappa shape index (κ2) is 9.53. The molecule has 30 heavy (non-hydrogen) atoms. The van der Waals surface area contributed by atoms with E-state index in [4.69, 9.17) is 0 Å². The van der Waals surface area contributed by atoms with Gasteiger partial charge in [-0.25, -0.2) is 4.68 Å². The summed E-state index contributed by atoms with van der Waals surface area (Å²) in [6.45, 7) is 0. The van der Waals surface area contributed by atoms with Gasteiger partial charge in [0.15, 0.2) is 0 Å². The predicted molar refractivity (Wildman–Crippen MR) is 116 cm³/mol. The van der Waals surface area contributed by atoms with E-state index in [1.165, 1.54) is 24.6 Å². The molecule has 9 heteroatoms. The number of para-hydroxylation sites is 2. The van der Waals surface area contributed by atoms with E-state index < -0.39 is 0 Å². The number of hydrogen-bond donors (Lipinski definition) is 2. The Kier molecular flexibility index (Phi) is 6.38. The smallest absolute Gasteiger partial charge is 0.257 e. The maximum Gasteiger partial charge on any atom is 0.257 e. The van der Waals surface area contributed by atoms with Crippen molar-refractivity contribution in [2.45, 2.75) is 36.9 Å². The van der Waals surface area contributed by atoms with Crippen LogP contribution in [0.1, 0.15) is 42.1 Å². The van der Waals surface area contributed by atoms with Gasteiger partial charge in [0.25, 0.3) is 5.91 Å². The summed E-state index contributed by atoms with van der Waals surface area (Å²) < 4.78 is 1.83. The van der Waals surface area contributed by atoms with Crippen molar-refractivity contribution in [1.29, 1.82) is 0 Å². The van der Waals surface area contributed by atoms with Crippen molar-refractivity contribution < 1.29 is 9.59 Å². The molecule has 2 amide bonds. The highest BCUT2D eigenvalue weighted by Gasteiger charge is 2.22.